The first kappa shape index (κ1) is 30.4. The quantitative estimate of drug-likeness (QED) is 0.268. The van der Waals surface area contributed by atoms with E-state index in [2.05, 4.69) is 105 Å². The van der Waals surface area contributed by atoms with E-state index >= 15 is 0 Å². The number of carbonyl (C=O) groups excluding carboxylic acids is 1. The second-order valence-electron chi connectivity index (χ2n) is 8.88. The molecule has 0 unspecified atom stereocenters. The van der Waals surface area contributed by atoms with E-state index in [9.17, 15) is 4.79 Å². The van der Waals surface area contributed by atoms with Crippen molar-refractivity contribution in [2.24, 2.45) is 5.73 Å². The van der Waals surface area contributed by atoms with E-state index in [1.165, 1.54) is 11.3 Å². The number of hydrogen-bond acceptors (Lipinski definition) is 2. The molecule has 2 aromatic carbocycles. The highest BCUT2D eigenvalue weighted by atomic mass is 35.5. The van der Waals surface area contributed by atoms with Gasteiger partial charge in [-0.05, 0) is 29.8 Å². The van der Waals surface area contributed by atoms with Crippen molar-refractivity contribution in [3.05, 3.63) is 91.5 Å². The first-order valence-corrected chi connectivity index (χ1v) is 11.5. The van der Waals surface area contributed by atoms with Crippen LogP contribution >= 0.6 is 0 Å². The normalized spacial score (nSPS) is 10.8. The third kappa shape index (κ3) is 11.7. The van der Waals surface area contributed by atoms with Crippen molar-refractivity contribution in [3.8, 4) is 0 Å². The Labute approximate surface area is 207 Å². The Hall–Kier alpha value is -2.56. The molecule has 0 aliphatic carbocycles. The van der Waals surface area contributed by atoms with Crippen LogP contribution in [0.1, 0.15) is 39.2 Å². The number of hydrogen-bond donors (Lipinski definition) is 2. The second kappa shape index (κ2) is 16.1. The Balaban J connectivity index is 0.00000154. The Morgan fingerprint density at radius 1 is 1.00 bits per heavy atom. The summed E-state index contributed by atoms with van der Waals surface area (Å²) in [7, 11) is 0. The zero-order chi connectivity index (χ0) is 23.9. The van der Waals surface area contributed by atoms with Gasteiger partial charge in [0, 0.05) is 30.5 Å². The van der Waals surface area contributed by atoms with Crippen LogP contribution in [0.25, 0.3) is 0 Å². The number of quaternary nitrogens is 1. The van der Waals surface area contributed by atoms with Gasteiger partial charge in [0.2, 0.25) is 5.91 Å². The molecule has 0 spiro atoms. The third-order valence-electron chi connectivity index (χ3n) is 5.58. The number of nitrogens with zero attached hydrogens (tertiary/aromatic N) is 1. The van der Waals surface area contributed by atoms with Crippen molar-refractivity contribution >= 4 is 11.6 Å². The maximum atomic E-state index is 9.59. The van der Waals surface area contributed by atoms with Gasteiger partial charge < -0.3 is 27.9 Å². The van der Waals surface area contributed by atoms with Crippen LogP contribution in [-0.2, 0) is 10.2 Å². The molecule has 0 aromatic heterocycles. The summed E-state index contributed by atoms with van der Waals surface area (Å²) in [6.45, 7) is 19.6. The minimum atomic E-state index is -0.245. The largest absolute Gasteiger partial charge is 1.00 e. The highest BCUT2D eigenvalue weighted by Gasteiger charge is 2.34. The zero-order valence-electron chi connectivity index (χ0n) is 20.6. The summed E-state index contributed by atoms with van der Waals surface area (Å²) in [5.41, 5.74) is 7.33. The molecule has 0 aliphatic rings. The zero-order valence-corrected chi connectivity index (χ0v) is 21.4. The molecule has 0 heterocycles. The van der Waals surface area contributed by atoms with Crippen LogP contribution in [0.5, 0.6) is 0 Å². The molecular formula is C28H42ClN3O. The fourth-order valence-electron chi connectivity index (χ4n) is 4.04. The molecule has 1 amide bonds. The molecule has 4 nitrogen and oxygen atoms in total. The predicted molar refractivity (Wildman–Crippen MR) is 139 cm³/mol. The van der Waals surface area contributed by atoms with Gasteiger partial charge >= 0.3 is 0 Å². The lowest BCUT2D eigenvalue weighted by molar-refractivity contribution is -0.921. The van der Waals surface area contributed by atoms with E-state index in [1.807, 2.05) is 6.07 Å². The van der Waals surface area contributed by atoms with Crippen LogP contribution in [-0.4, -0.2) is 43.1 Å². The van der Waals surface area contributed by atoms with Crippen molar-refractivity contribution in [3.63, 3.8) is 0 Å². The minimum Gasteiger partial charge on any atom is -1.00 e. The molecule has 33 heavy (non-hydrogen) atoms. The van der Waals surface area contributed by atoms with Crippen LogP contribution < -0.4 is 23.5 Å². The van der Waals surface area contributed by atoms with Gasteiger partial charge in [-0.2, -0.15) is 0 Å². The summed E-state index contributed by atoms with van der Waals surface area (Å²) in [4.78, 5) is 9.59. The molecule has 182 valence electrons. The maximum Gasteiger partial charge on any atom is 0.217 e. The van der Waals surface area contributed by atoms with E-state index < -0.39 is 0 Å². The molecular weight excluding hydrogens is 430 g/mol. The number of para-hydroxylation sites is 1. The smallest absolute Gasteiger partial charge is 0.217 e. The highest BCUT2D eigenvalue weighted by molar-refractivity contribution is 5.73. The first-order valence-electron chi connectivity index (χ1n) is 11.5. The van der Waals surface area contributed by atoms with Gasteiger partial charge in [0.05, 0.1) is 26.2 Å². The van der Waals surface area contributed by atoms with E-state index in [0.29, 0.717) is 6.42 Å². The number of nitrogens with one attached hydrogen (secondary N) is 1. The number of anilines is 1. The molecule has 0 saturated heterocycles. The van der Waals surface area contributed by atoms with Gasteiger partial charge in [-0.3, -0.25) is 4.79 Å². The summed E-state index contributed by atoms with van der Waals surface area (Å²) in [6, 6.07) is 21.3. The molecule has 5 heteroatoms. The number of benzene rings is 2. The number of rotatable bonds is 13. The first-order chi connectivity index (χ1) is 15.3. The molecule has 0 atom stereocenters. The second-order valence-corrected chi connectivity index (χ2v) is 8.88. The summed E-state index contributed by atoms with van der Waals surface area (Å²) in [6.07, 6.45) is 5.69. The average Bonchev–Trinajstić information content (AvgIpc) is 2.78. The van der Waals surface area contributed by atoms with Crippen LogP contribution in [0.2, 0.25) is 0 Å². The Morgan fingerprint density at radius 3 is 1.94 bits per heavy atom. The number of primary amides is 1. The average molecular weight is 472 g/mol. The minimum absolute atomic E-state index is 0. The van der Waals surface area contributed by atoms with E-state index in [-0.39, 0.29) is 23.7 Å². The van der Waals surface area contributed by atoms with Crippen molar-refractivity contribution in [1.82, 2.24) is 0 Å². The van der Waals surface area contributed by atoms with Gasteiger partial charge in [0.25, 0.3) is 0 Å². The maximum absolute atomic E-state index is 9.59. The number of carbonyl (C=O) groups is 1. The van der Waals surface area contributed by atoms with E-state index in [1.54, 1.807) is 6.92 Å². The standard InChI is InChI=1S/C25H35N2.C3H7NO.ClH/c1-5-19-27(20-6-2,21-13-18-26-24-16-11-8-12-17-24)22-25(3,4)23-14-9-7-10-15-23;1-2-3(4)5;/h5-12,14-17,26H,1-2,13,18-22H2,3-4H3;2H2,1H3,(H2,4,5);1H/q+1;;/p-1. The van der Waals surface area contributed by atoms with Gasteiger partial charge in [-0.25, -0.2) is 0 Å². The SMILES string of the molecule is C=CC[N+](CC=C)(CCCNc1ccccc1)CC(C)(C)c1ccccc1.CCC(N)=O.[Cl-]. The van der Waals surface area contributed by atoms with E-state index in [0.717, 1.165) is 43.6 Å². The molecule has 0 fully saturated rings. The predicted octanol–water partition coefficient (Wildman–Crippen LogP) is 2.54. The summed E-state index contributed by atoms with van der Waals surface area (Å²) < 4.78 is 0.991. The van der Waals surface area contributed by atoms with Crippen LogP contribution in [0.4, 0.5) is 5.69 Å². The van der Waals surface area contributed by atoms with Crippen LogP contribution in [0.3, 0.4) is 0 Å². The molecule has 0 radical (unpaired) electrons. The topological polar surface area (TPSA) is 55.1 Å². The molecule has 2 aromatic rings. The monoisotopic (exact) mass is 471 g/mol. The summed E-state index contributed by atoms with van der Waals surface area (Å²) in [5.74, 6) is -0.245. The lowest BCUT2D eigenvalue weighted by Crippen LogP contribution is -3.00. The third-order valence-corrected chi connectivity index (χ3v) is 5.58. The van der Waals surface area contributed by atoms with Crippen LogP contribution in [0.15, 0.2) is 86.0 Å². The number of halogens is 1. The van der Waals surface area contributed by atoms with Gasteiger partial charge in [0.15, 0.2) is 0 Å². The summed E-state index contributed by atoms with van der Waals surface area (Å²) >= 11 is 0. The van der Waals surface area contributed by atoms with Crippen molar-refractivity contribution in [2.45, 2.75) is 39.0 Å². The highest BCUT2D eigenvalue weighted by Crippen LogP contribution is 2.28. The van der Waals surface area contributed by atoms with Gasteiger partial charge in [-0.1, -0.05) is 82.5 Å². The van der Waals surface area contributed by atoms with Crippen molar-refractivity contribution < 1.29 is 21.7 Å². The molecule has 3 N–H and O–H groups in total. The molecule has 0 aliphatic heterocycles. The number of nitrogens with two attached hydrogens (primary N) is 1. The van der Waals surface area contributed by atoms with Gasteiger partial charge in [-0.15, -0.1) is 0 Å². The molecule has 2 rings (SSSR count). The molecule has 0 saturated carbocycles. The van der Waals surface area contributed by atoms with Crippen molar-refractivity contribution in [2.75, 3.05) is 38.0 Å². The fourth-order valence-corrected chi connectivity index (χ4v) is 4.04. The Bertz CT molecular complexity index is 796. The van der Waals surface area contributed by atoms with E-state index in [4.69, 9.17) is 0 Å². The lowest BCUT2D eigenvalue weighted by Gasteiger charge is -2.43. The molecule has 0 bridgehead atoms. The van der Waals surface area contributed by atoms with Crippen molar-refractivity contribution in [1.29, 1.82) is 0 Å². The lowest BCUT2D eigenvalue weighted by atomic mass is 9.83. The van der Waals surface area contributed by atoms with Gasteiger partial charge in [0.1, 0.15) is 0 Å². The number of amides is 1. The fraction of sp³-hybridized carbons (Fsp3) is 0.393. The Morgan fingerprint density at radius 2 is 1.48 bits per heavy atom. The van der Waals surface area contributed by atoms with Crippen LogP contribution in [0, 0.1) is 0 Å². The summed E-state index contributed by atoms with van der Waals surface area (Å²) in [5, 5.41) is 3.53. The Kier molecular flexibility index (Phi) is 14.9.